The van der Waals surface area contributed by atoms with E-state index in [0.29, 0.717) is 24.5 Å². The summed E-state index contributed by atoms with van der Waals surface area (Å²) in [6.45, 7) is 2.92. The Kier molecular flexibility index (Phi) is 6.60. The van der Waals surface area contributed by atoms with Crippen molar-refractivity contribution in [2.75, 3.05) is 20.6 Å². The molecule has 1 amide bonds. The second-order valence-electron chi connectivity index (χ2n) is 6.38. The fourth-order valence-corrected chi connectivity index (χ4v) is 4.19. The summed E-state index contributed by atoms with van der Waals surface area (Å²) in [4.78, 5) is 20.3. The van der Waals surface area contributed by atoms with Crippen LogP contribution in [0.2, 0.25) is 0 Å². The molecule has 2 heterocycles. The summed E-state index contributed by atoms with van der Waals surface area (Å²) in [6.07, 6.45) is 0. The maximum atomic E-state index is 12.6. The monoisotopic (exact) mass is 401 g/mol. The molecule has 7 heteroatoms. The van der Waals surface area contributed by atoms with Crippen LogP contribution in [-0.4, -0.2) is 36.4 Å². The van der Waals surface area contributed by atoms with Crippen molar-refractivity contribution in [3.63, 3.8) is 0 Å². The Labute approximate surface area is 167 Å². The highest BCUT2D eigenvalue weighted by Gasteiger charge is 2.17. The zero-order valence-electron chi connectivity index (χ0n) is 15.6. The number of thiophene rings is 1. The van der Waals surface area contributed by atoms with E-state index >= 15 is 0 Å². The number of nitrogens with one attached hydrogen (secondary N) is 1. The molecule has 3 aromatic rings. The number of hydrogen-bond donors (Lipinski definition) is 1. The minimum absolute atomic E-state index is 0.103. The Balaban J connectivity index is 1.59. The van der Waals surface area contributed by atoms with E-state index in [-0.39, 0.29) is 11.9 Å². The first-order chi connectivity index (χ1) is 13.0. The third kappa shape index (κ3) is 5.38. The molecule has 1 aromatic carbocycles. The second kappa shape index (κ2) is 9.12. The summed E-state index contributed by atoms with van der Waals surface area (Å²) >= 11 is 3.30. The summed E-state index contributed by atoms with van der Waals surface area (Å²) in [5.41, 5.74) is 1.49. The van der Waals surface area contributed by atoms with E-state index in [1.54, 1.807) is 34.8 Å². The number of carbonyl (C=O) groups is 1. The first-order valence-corrected chi connectivity index (χ1v) is 10.4. The molecule has 0 aliphatic carbocycles. The first-order valence-electron chi connectivity index (χ1n) is 8.65. The molecule has 0 saturated heterocycles. The lowest BCUT2D eigenvalue weighted by Gasteiger charge is -2.23. The number of carbonyl (C=O) groups excluding carboxylic acids is 1. The number of hydrogen-bond acceptors (Lipinski definition) is 6. The van der Waals surface area contributed by atoms with Crippen LogP contribution in [0.25, 0.3) is 0 Å². The number of ether oxygens (including phenoxy) is 1. The topological polar surface area (TPSA) is 54.5 Å². The smallest absolute Gasteiger partial charge is 0.251 e. The zero-order valence-corrected chi connectivity index (χ0v) is 17.3. The molecular formula is C20H23N3O2S2. The van der Waals surface area contributed by atoms with Gasteiger partial charge in [0.2, 0.25) is 0 Å². The Bertz CT molecular complexity index is 875. The van der Waals surface area contributed by atoms with E-state index in [4.69, 9.17) is 4.74 Å². The van der Waals surface area contributed by atoms with Crippen molar-refractivity contribution in [2.24, 2.45) is 0 Å². The van der Waals surface area contributed by atoms with Crippen LogP contribution < -0.4 is 10.1 Å². The van der Waals surface area contributed by atoms with Gasteiger partial charge in [-0.05, 0) is 50.7 Å². The number of amides is 1. The van der Waals surface area contributed by atoms with Gasteiger partial charge in [0.1, 0.15) is 12.4 Å². The molecule has 0 radical (unpaired) electrons. The molecule has 0 saturated carbocycles. The highest BCUT2D eigenvalue weighted by atomic mass is 32.1. The van der Waals surface area contributed by atoms with Gasteiger partial charge >= 0.3 is 0 Å². The number of aromatic nitrogens is 1. The van der Waals surface area contributed by atoms with Crippen molar-refractivity contribution in [2.45, 2.75) is 19.6 Å². The third-order valence-electron chi connectivity index (χ3n) is 4.10. The first kappa shape index (κ1) is 19.5. The number of rotatable bonds is 8. The van der Waals surface area contributed by atoms with Crippen LogP contribution in [-0.2, 0) is 6.61 Å². The van der Waals surface area contributed by atoms with Gasteiger partial charge in [-0.2, -0.15) is 0 Å². The molecular weight excluding hydrogens is 378 g/mol. The minimum Gasteiger partial charge on any atom is -0.487 e. The van der Waals surface area contributed by atoms with Gasteiger partial charge in [0, 0.05) is 22.4 Å². The molecule has 0 fully saturated rings. The van der Waals surface area contributed by atoms with Crippen LogP contribution in [0.5, 0.6) is 5.75 Å². The predicted molar refractivity (Wildman–Crippen MR) is 111 cm³/mol. The van der Waals surface area contributed by atoms with Crippen LogP contribution in [0.15, 0.2) is 47.2 Å². The van der Waals surface area contributed by atoms with Crippen LogP contribution >= 0.6 is 22.7 Å². The molecule has 0 aliphatic rings. The molecule has 5 nitrogen and oxygen atoms in total. The van der Waals surface area contributed by atoms with E-state index in [2.05, 4.69) is 26.6 Å². The molecule has 27 heavy (non-hydrogen) atoms. The summed E-state index contributed by atoms with van der Waals surface area (Å²) in [5, 5.41) is 8.09. The number of aryl methyl sites for hydroxylation is 1. The molecule has 0 aliphatic heterocycles. The molecule has 1 atom stereocenters. The van der Waals surface area contributed by atoms with Gasteiger partial charge in [-0.25, -0.2) is 4.98 Å². The van der Waals surface area contributed by atoms with Gasteiger partial charge in [0.15, 0.2) is 0 Å². The summed E-state index contributed by atoms with van der Waals surface area (Å²) in [5.74, 6) is 0.559. The number of benzene rings is 1. The standard InChI is InChI=1S/C20H23N3O2S2/c1-14-22-16(13-27-14)12-25-17-7-4-6-15(10-17)20(24)21-11-18(23(2)3)19-8-5-9-26-19/h4-10,13,18H,11-12H2,1-3H3,(H,21,24). The molecule has 0 bridgehead atoms. The maximum absolute atomic E-state index is 12.6. The lowest BCUT2D eigenvalue weighted by molar-refractivity contribution is 0.0942. The van der Waals surface area contributed by atoms with Crippen LogP contribution in [0, 0.1) is 6.92 Å². The maximum Gasteiger partial charge on any atom is 0.251 e. The van der Waals surface area contributed by atoms with Gasteiger partial charge in [-0.1, -0.05) is 12.1 Å². The fourth-order valence-electron chi connectivity index (χ4n) is 2.67. The highest BCUT2D eigenvalue weighted by Crippen LogP contribution is 2.22. The summed E-state index contributed by atoms with van der Waals surface area (Å²) in [6, 6.07) is 11.5. The molecule has 1 unspecified atom stereocenters. The van der Waals surface area contributed by atoms with Gasteiger partial charge in [-0.15, -0.1) is 22.7 Å². The molecule has 0 spiro atoms. The van der Waals surface area contributed by atoms with Crippen molar-refractivity contribution in [3.8, 4) is 5.75 Å². The summed E-state index contributed by atoms with van der Waals surface area (Å²) in [7, 11) is 4.04. The van der Waals surface area contributed by atoms with E-state index in [0.717, 1.165) is 10.7 Å². The Morgan fingerprint density at radius 3 is 2.78 bits per heavy atom. The van der Waals surface area contributed by atoms with E-state index in [1.807, 2.05) is 44.6 Å². The van der Waals surface area contributed by atoms with Gasteiger partial charge in [0.25, 0.3) is 5.91 Å². The number of nitrogens with zero attached hydrogens (tertiary/aromatic N) is 2. The predicted octanol–water partition coefficient (Wildman–Crippen LogP) is 4.12. The normalized spacial score (nSPS) is 12.1. The fraction of sp³-hybridized carbons (Fsp3) is 0.300. The minimum atomic E-state index is -0.103. The number of thiazole rings is 1. The quantitative estimate of drug-likeness (QED) is 0.617. The molecule has 3 rings (SSSR count). The highest BCUT2D eigenvalue weighted by molar-refractivity contribution is 7.10. The molecule has 1 N–H and O–H groups in total. The van der Waals surface area contributed by atoms with Crippen LogP contribution in [0.1, 0.15) is 32.0 Å². The lowest BCUT2D eigenvalue weighted by atomic mass is 10.1. The van der Waals surface area contributed by atoms with Gasteiger partial charge in [0.05, 0.1) is 16.7 Å². The number of likely N-dealkylation sites (N-methyl/N-ethyl adjacent to an activating group) is 1. The average Bonchev–Trinajstić information content (AvgIpc) is 3.32. The van der Waals surface area contributed by atoms with Crippen LogP contribution in [0.4, 0.5) is 0 Å². The lowest BCUT2D eigenvalue weighted by Crippen LogP contribution is -2.34. The second-order valence-corrected chi connectivity index (χ2v) is 8.42. The van der Waals surface area contributed by atoms with Crippen molar-refractivity contribution in [1.29, 1.82) is 0 Å². The Morgan fingerprint density at radius 2 is 2.11 bits per heavy atom. The SMILES string of the molecule is Cc1nc(COc2cccc(C(=O)NCC(c3cccs3)N(C)C)c2)cs1. The van der Waals surface area contributed by atoms with E-state index < -0.39 is 0 Å². The largest absolute Gasteiger partial charge is 0.487 e. The van der Waals surface area contributed by atoms with Crippen molar-refractivity contribution in [1.82, 2.24) is 15.2 Å². The van der Waals surface area contributed by atoms with Gasteiger partial charge in [-0.3, -0.25) is 4.79 Å². The zero-order chi connectivity index (χ0) is 19.2. The van der Waals surface area contributed by atoms with E-state index in [9.17, 15) is 4.79 Å². The molecule has 142 valence electrons. The van der Waals surface area contributed by atoms with Crippen molar-refractivity contribution in [3.05, 3.63) is 68.3 Å². The molecule has 2 aromatic heterocycles. The van der Waals surface area contributed by atoms with Crippen LogP contribution in [0.3, 0.4) is 0 Å². The van der Waals surface area contributed by atoms with Crippen molar-refractivity contribution >= 4 is 28.6 Å². The Morgan fingerprint density at radius 1 is 1.26 bits per heavy atom. The Hall–Kier alpha value is -2.22. The van der Waals surface area contributed by atoms with E-state index in [1.165, 1.54) is 4.88 Å². The van der Waals surface area contributed by atoms with Crippen molar-refractivity contribution < 1.29 is 9.53 Å². The summed E-state index contributed by atoms with van der Waals surface area (Å²) < 4.78 is 5.78. The van der Waals surface area contributed by atoms with Gasteiger partial charge < -0.3 is 15.0 Å². The average molecular weight is 402 g/mol. The third-order valence-corrected chi connectivity index (χ3v) is 5.90.